The zero-order chi connectivity index (χ0) is 20.2. The van der Waals surface area contributed by atoms with Crippen LogP contribution < -0.4 is 15.6 Å². The van der Waals surface area contributed by atoms with Gasteiger partial charge in [0.2, 0.25) is 0 Å². The molecule has 0 spiro atoms. The van der Waals surface area contributed by atoms with E-state index < -0.39 is 0 Å². The van der Waals surface area contributed by atoms with Gasteiger partial charge in [0.15, 0.2) is 0 Å². The number of amides is 2. The van der Waals surface area contributed by atoms with Crippen LogP contribution in [-0.2, 0) is 0 Å². The van der Waals surface area contributed by atoms with E-state index in [0.29, 0.717) is 17.7 Å². The Bertz CT molecular complexity index is 740. The summed E-state index contributed by atoms with van der Waals surface area (Å²) >= 11 is 0. The molecule has 0 heterocycles. The molecule has 0 aliphatic heterocycles. The minimum atomic E-state index is -0.372. The molecule has 29 heavy (non-hydrogen) atoms. The predicted molar refractivity (Wildman–Crippen MR) is 118 cm³/mol. The molecule has 0 atom stereocenters. The standard InChI is InChI=1S/C23H30N2O3.CH4/c1-3-4-5-6-7-8-17-28-21-15-13-20(14-16-21)23(27)25-24-22(26)19-11-9-18(2)10-12-19;/h9-16H,3-8,17H2,1-2H3,(H,24,26)(H,25,27);1H4. The van der Waals surface area contributed by atoms with E-state index in [-0.39, 0.29) is 19.2 Å². The van der Waals surface area contributed by atoms with Gasteiger partial charge in [0, 0.05) is 11.1 Å². The molecule has 0 saturated heterocycles. The van der Waals surface area contributed by atoms with E-state index in [1.165, 1.54) is 32.1 Å². The first-order valence-corrected chi connectivity index (χ1v) is 10.0. The molecule has 2 amide bonds. The number of nitrogens with one attached hydrogen (secondary N) is 2. The molecule has 0 aromatic heterocycles. The number of unbranched alkanes of at least 4 members (excludes halogenated alkanes) is 5. The van der Waals surface area contributed by atoms with Crippen LogP contribution in [0.4, 0.5) is 0 Å². The molecular formula is C24H34N2O3. The van der Waals surface area contributed by atoms with E-state index in [9.17, 15) is 9.59 Å². The molecule has 0 unspecified atom stereocenters. The first-order chi connectivity index (χ1) is 13.6. The van der Waals surface area contributed by atoms with Crippen LogP contribution in [0.1, 0.15) is 79.2 Å². The van der Waals surface area contributed by atoms with Crippen molar-refractivity contribution < 1.29 is 14.3 Å². The fraction of sp³-hybridized carbons (Fsp3) is 0.417. The summed E-state index contributed by atoms with van der Waals surface area (Å²) in [5.74, 6) is 0.0176. The average Bonchev–Trinajstić information content (AvgIpc) is 2.72. The molecule has 2 aromatic carbocycles. The number of hydrazine groups is 1. The van der Waals surface area contributed by atoms with Crippen LogP contribution in [-0.4, -0.2) is 18.4 Å². The minimum Gasteiger partial charge on any atom is -0.494 e. The maximum atomic E-state index is 12.2. The van der Waals surface area contributed by atoms with Crippen molar-refractivity contribution >= 4 is 11.8 Å². The monoisotopic (exact) mass is 398 g/mol. The molecule has 2 N–H and O–H groups in total. The highest BCUT2D eigenvalue weighted by Gasteiger charge is 2.09. The lowest BCUT2D eigenvalue weighted by molar-refractivity contribution is 0.0846. The Morgan fingerprint density at radius 3 is 1.79 bits per heavy atom. The first-order valence-electron chi connectivity index (χ1n) is 10.0. The Morgan fingerprint density at radius 2 is 1.24 bits per heavy atom. The number of aryl methyl sites for hydroxylation is 1. The normalized spacial score (nSPS) is 10.0. The van der Waals surface area contributed by atoms with Crippen molar-refractivity contribution in [2.75, 3.05) is 6.61 Å². The molecule has 0 aliphatic carbocycles. The topological polar surface area (TPSA) is 67.4 Å². The largest absolute Gasteiger partial charge is 0.494 e. The number of hydrogen-bond acceptors (Lipinski definition) is 3. The molecule has 0 fully saturated rings. The maximum absolute atomic E-state index is 12.2. The Balaban J connectivity index is 0.00000420. The molecule has 0 bridgehead atoms. The van der Waals surface area contributed by atoms with Gasteiger partial charge in [0.25, 0.3) is 11.8 Å². The summed E-state index contributed by atoms with van der Waals surface area (Å²) in [7, 11) is 0. The summed E-state index contributed by atoms with van der Waals surface area (Å²) in [6.07, 6.45) is 7.32. The molecule has 2 aromatic rings. The summed E-state index contributed by atoms with van der Waals surface area (Å²) in [5, 5.41) is 0. The van der Waals surface area contributed by atoms with E-state index in [1.807, 2.05) is 19.1 Å². The molecular weight excluding hydrogens is 364 g/mol. The summed E-state index contributed by atoms with van der Waals surface area (Å²) in [6.45, 7) is 4.85. The maximum Gasteiger partial charge on any atom is 0.269 e. The fourth-order valence-corrected chi connectivity index (χ4v) is 2.74. The first kappa shape index (κ1) is 24.2. The Kier molecular flexibility index (Phi) is 11.2. The third-order valence-corrected chi connectivity index (χ3v) is 4.49. The van der Waals surface area contributed by atoms with E-state index >= 15 is 0 Å². The Morgan fingerprint density at radius 1 is 0.759 bits per heavy atom. The van der Waals surface area contributed by atoms with Gasteiger partial charge in [-0.2, -0.15) is 0 Å². The second kappa shape index (κ2) is 13.4. The van der Waals surface area contributed by atoms with E-state index in [4.69, 9.17) is 4.74 Å². The van der Waals surface area contributed by atoms with Gasteiger partial charge in [-0.3, -0.25) is 20.4 Å². The van der Waals surface area contributed by atoms with Gasteiger partial charge in [-0.25, -0.2) is 0 Å². The fourth-order valence-electron chi connectivity index (χ4n) is 2.74. The SMILES string of the molecule is C.CCCCCCCCOc1ccc(C(=O)NNC(=O)c2ccc(C)cc2)cc1. The number of benzene rings is 2. The van der Waals surface area contributed by atoms with Gasteiger partial charge in [-0.1, -0.05) is 64.2 Å². The van der Waals surface area contributed by atoms with Crippen LogP contribution in [0.2, 0.25) is 0 Å². The van der Waals surface area contributed by atoms with E-state index in [0.717, 1.165) is 17.7 Å². The van der Waals surface area contributed by atoms with Crippen LogP contribution in [0.15, 0.2) is 48.5 Å². The third kappa shape index (κ3) is 8.81. The zero-order valence-electron chi connectivity index (χ0n) is 16.8. The molecule has 0 radical (unpaired) electrons. The van der Waals surface area contributed by atoms with Gasteiger partial charge in [0.1, 0.15) is 5.75 Å². The Labute approximate surface area is 174 Å². The highest BCUT2D eigenvalue weighted by Crippen LogP contribution is 2.13. The molecule has 2 rings (SSSR count). The molecule has 158 valence electrons. The van der Waals surface area contributed by atoms with Crippen molar-refractivity contribution in [2.24, 2.45) is 0 Å². The van der Waals surface area contributed by atoms with Gasteiger partial charge in [-0.15, -0.1) is 0 Å². The highest BCUT2D eigenvalue weighted by molar-refractivity contribution is 5.99. The third-order valence-electron chi connectivity index (χ3n) is 4.49. The number of carbonyl (C=O) groups is 2. The van der Waals surface area contributed by atoms with E-state index in [2.05, 4.69) is 17.8 Å². The number of rotatable bonds is 10. The van der Waals surface area contributed by atoms with Crippen LogP contribution in [0.5, 0.6) is 5.75 Å². The van der Waals surface area contributed by atoms with Gasteiger partial charge < -0.3 is 4.74 Å². The van der Waals surface area contributed by atoms with Crippen molar-refractivity contribution in [3.05, 3.63) is 65.2 Å². The van der Waals surface area contributed by atoms with Crippen molar-refractivity contribution in [2.45, 2.75) is 59.8 Å². The van der Waals surface area contributed by atoms with Crippen molar-refractivity contribution in [3.63, 3.8) is 0 Å². The molecule has 0 aliphatic rings. The van der Waals surface area contributed by atoms with Gasteiger partial charge in [0.05, 0.1) is 6.61 Å². The average molecular weight is 399 g/mol. The quantitative estimate of drug-likeness (QED) is 0.413. The predicted octanol–water partition coefficient (Wildman–Crippen LogP) is 5.45. The second-order valence-electron chi connectivity index (χ2n) is 6.91. The summed E-state index contributed by atoms with van der Waals surface area (Å²) < 4.78 is 5.71. The van der Waals surface area contributed by atoms with Crippen molar-refractivity contribution in [3.8, 4) is 5.75 Å². The lowest BCUT2D eigenvalue weighted by Crippen LogP contribution is -2.41. The van der Waals surface area contributed by atoms with Crippen molar-refractivity contribution in [1.29, 1.82) is 0 Å². The lowest BCUT2D eigenvalue weighted by Gasteiger charge is -2.09. The summed E-state index contributed by atoms with van der Waals surface area (Å²) in [6, 6.07) is 14.0. The smallest absolute Gasteiger partial charge is 0.269 e. The molecule has 0 saturated carbocycles. The van der Waals surface area contributed by atoms with Gasteiger partial charge in [-0.05, 0) is 49.7 Å². The highest BCUT2D eigenvalue weighted by atomic mass is 16.5. The van der Waals surface area contributed by atoms with Crippen LogP contribution >= 0.6 is 0 Å². The molecule has 5 heteroatoms. The van der Waals surface area contributed by atoms with Crippen LogP contribution in [0.25, 0.3) is 0 Å². The zero-order valence-corrected chi connectivity index (χ0v) is 16.8. The summed E-state index contributed by atoms with van der Waals surface area (Å²) in [5.41, 5.74) is 6.87. The summed E-state index contributed by atoms with van der Waals surface area (Å²) in [4.78, 5) is 24.2. The lowest BCUT2D eigenvalue weighted by atomic mass is 10.1. The number of hydrogen-bond donors (Lipinski definition) is 2. The van der Waals surface area contributed by atoms with Crippen molar-refractivity contribution in [1.82, 2.24) is 10.9 Å². The molecule has 5 nitrogen and oxygen atoms in total. The van der Waals surface area contributed by atoms with Crippen LogP contribution in [0.3, 0.4) is 0 Å². The van der Waals surface area contributed by atoms with E-state index in [1.54, 1.807) is 36.4 Å². The number of ether oxygens (including phenoxy) is 1. The number of carbonyl (C=O) groups excluding carboxylic acids is 2. The van der Waals surface area contributed by atoms with Gasteiger partial charge >= 0.3 is 0 Å². The minimum absolute atomic E-state index is 0. The van der Waals surface area contributed by atoms with Crippen LogP contribution in [0, 0.1) is 6.92 Å². The second-order valence-corrected chi connectivity index (χ2v) is 6.91. The Hall–Kier alpha value is -2.82.